The molecule has 5 rings (SSSR count). The molecule has 0 aliphatic heterocycles. The molecular formula is C24H18N2O6S2. The number of aromatic nitrogens is 2. The van der Waals surface area contributed by atoms with Crippen LogP contribution in [0.2, 0.25) is 0 Å². The molecule has 0 aliphatic rings. The van der Waals surface area contributed by atoms with Crippen molar-refractivity contribution in [2.75, 3.05) is 14.2 Å². The van der Waals surface area contributed by atoms with Crippen molar-refractivity contribution in [3.8, 4) is 17.2 Å². The summed E-state index contributed by atoms with van der Waals surface area (Å²) in [6, 6.07) is 18.1. The average Bonchev–Trinajstić information content (AvgIpc) is 3.35. The second kappa shape index (κ2) is 8.47. The highest BCUT2D eigenvalue weighted by Crippen LogP contribution is 2.31. The van der Waals surface area contributed by atoms with Crippen LogP contribution in [-0.4, -0.2) is 32.0 Å². The van der Waals surface area contributed by atoms with Crippen LogP contribution in [0.5, 0.6) is 17.2 Å². The van der Waals surface area contributed by atoms with Crippen molar-refractivity contribution in [1.82, 2.24) is 9.38 Å². The lowest BCUT2D eigenvalue weighted by molar-refractivity contribution is 0.390. The molecule has 3 aromatic carbocycles. The molecule has 5 aromatic rings. The lowest BCUT2D eigenvalue weighted by Crippen LogP contribution is -2.22. The molecule has 8 nitrogen and oxygen atoms in total. The number of imidazole rings is 1. The van der Waals surface area contributed by atoms with Crippen molar-refractivity contribution in [2.24, 2.45) is 0 Å². The first-order chi connectivity index (χ1) is 16.4. The molecule has 0 saturated carbocycles. The minimum atomic E-state index is -4.09. The minimum Gasteiger partial charge on any atom is -0.497 e. The Kier molecular flexibility index (Phi) is 5.46. The first-order valence-corrected chi connectivity index (χ1v) is 12.3. The van der Waals surface area contributed by atoms with E-state index in [2.05, 4.69) is 4.98 Å². The van der Waals surface area contributed by atoms with Crippen LogP contribution in [0.1, 0.15) is 5.56 Å². The maximum Gasteiger partial charge on any atom is 0.339 e. The Balaban J connectivity index is 1.50. The van der Waals surface area contributed by atoms with E-state index in [0.29, 0.717) is 20.8 Å². The first kappa shape index (κ1) is 21.9. The van der Waals surface area contributed by atoms with Crippen LogP contribution in [0, 0.1) is 0 Å². The second-order valence-electron chi connectivity index (χ2n) is 7.26. The molecule has 10 heteroatoms. The molecule has 0 saturated heterocycles. The first-order valence-electron chi connectivity index (χ1n) is 10.1. The molecule has 0 amide bonds. The fourth-order valence-electron chi connectivity index (χ4n) is 3.51. The summed E-state index contributed by atoms with van der Waals surface area (Å²) >= 11 is 1.28. The summed E-state index contributed by atoms with van der Waals surface area (Å²) < 4.78 is 43.2. The van der Waals surface area contributed by atoms with Gasteiger partial charge in [0.1, 0.15) is 10.6 Å². The van der Waals surface area contributed by atoms with E-state index in [4.69, 9.17) is 13.7 Å². The molecule has 0 radical (unpaired) electrons. The maximum atomic E-state index is 13.0. The molecule has 0 fully saturated rings. The lowest BCUT2D eigenvalue weighted by Gasteiger charge is -2.11. The van der Waals surface area contributed by atoms with Crippen molar-refractivity contribution in [1.29, 1.82) is 0 Å². The number of benzene rings is 3. The van der Waals surface area contributed by atoms with Gasteiger partial charge in [-0.05, 0) is 60.2 Å². The zero-order valence-corrected chi connectivity index (χ0v) is 19.7. The quantitative estimate of drug-likeness (QED) is 0.334. The number of rotatable bonds is 6. The third-order valence-corrected chi connectivity index (χ3v) is 7.40. The Hall–Kier alpha value is -3.89. The summed E-state index contributed by atoms with van der Waals surface area (Å²) in [6.07, 6.45) is 1.71. The number of hydrogen-bond donors (Lipinski definition) is 0. The zero-order valence-electron chi connectivity index (χ0n) is 18.1. The number of thiazole rings is 1. The van der Waals surface area contributed by atoms with Gasteiger partial charge in [0.2, 0.25) is 0 Å². The SMILES string of the molecule is COc1ccc(S(=O)(=O)Oc2ccc(C=c3sc4nc5ccccc5n4c3=O)cc2OC)cc1. The van der Waals surface area contributed by atoms with E-state index in [1.807, 2.05) is 24.3 Å². The molecule has 2 heterocycles. The van der Waals surface area contributed by atoms with Crippen LogP contribution in [-0.2, 0) is 10.1 Å². The molecule has 0 spiro atoms. The van der Waals surface area contributed by atoms with Gasteiger partial charge in [-0.1, -0.05) is 29.5 Å². The molecule has 2 aromatic heterocycles. The van der Waals surface area contributed by atoms with Crippen molar-refractivity contribution in [3.05, 3.63) is 87.2 Å². The molecule has 34 heavy (non-hydrogen) atoms. The molecule has 0 unspecified atom stereocenters. The summed E-state index contributed by atoms with van der Waals surface area (Å²) in [5.41, 5.74) is 1.99. The molecule has 0 aliphatic carbocycles. The van der Waals surface area contributed by atoms with Gasteiger partial charge < -0.3 is 13.7 Å². The Morgan fingerprint density at radius 2 is 1.71 bits per heavy atom. The van der Waals surface area contributed by atoms with Crippen LogP contribution in [0.25, 0.3) is 22.1 Å². The number of methoxy groups -OCH3 is 2. The summed E-state index contributed by atoms with van der Waals surface area (Å²) in [5.74, 6) is 0.776. The number of para-hydroxylation sites is 2. The molecule has 172 valence electrons. The molecule has 0 N–H and O–H groups in total. The van der Waals surface area contributed by atoms with Gasteiger partial charge in [-0.2, -0.15) is 8.42 Å². The molecule has 0 atom stereocenters. The van der Waals surface area contributed by atoms with Crippen molar-refractivity contribution >= 4 is 43.5 Å². The van der Waals surface area contributed by atoms with E-state index < -0.39 is 10.1 Å². The van der Waals surface area contributed by atoms with Crippen LogP contribution in [0.15, 0.2) is 76.4 Å². The number of fused-ring (bicyclic) bond motifs is 3. The molecular weight excluding hydrogens is 476 g/mol. The van der Waals surface area contributed by atoms with Crippen molar-refractivity contribution < 1.29 is 22.1 Å². The van der Waals surface area contributed by atoms with E-state index in [-0.39, 0.29) is 22.0 Å². The van der Waals surface area contributed by atoms with Crippen molar-refractivity contribution in [3.63, 3.8) is 0 Å². The highest BCUT2D eigenvalue weighted by molar-refractivity contribution is 7.87. The topological polar surface area (TPSA) is 96.2 Å². The highest BCUT2D eigenvalue weighted by atomic mass is 32.2. The number of hydrogen-bond acceptors (Lipinski definition) is 8. The van der Waals surface area contributed by atoms with Crippen molar-refractivity contribution in [2.45, 2.75) is 4.90 Å². The second-order valence-corrected chi connectivity index (χ2v) is 9.81. The summed E-state index contributed by atoms with van der Waals surface area (Å²) in [4.78, 5) is 18.1. The van der Waals surface area contributed by atoms with Gasteiger partial charge in [0.05, 0.1) is 29.8 Å². The fraction of sp³-hybridized carbons (Fsp3) is 0.0833. The fourth-order valence-corrected chi connectivity index (χ4v) is 5.44. The Morgan fingerprint density at radius 1 is 0.941 bits per heavy atom. The predicted molar refractivity (Wildman–Crippen MR) is 129 cm³/mol. The monoisotopic (exact) mass is 494 g/mol. The number of nitrogens with zero attached hydrogens (tertiary/aromatic N) is 2. The normalized spacial score (nSPS) is 12.4. The van der Waals surface area contributed by atoms with Gasteiger partial charge in [-0.25, -0.2) is 9.38 Å². The largest absolute Gasteiger partial charge is 0.497 e. The Morgan fingerprint density at radius 3 is 2.44 bits per heavy atom. The summed E-state index contributed by atoms with van der Waals surface area (Å²) in [6.45, 7) is 0. The van der Waals surface area contributed by atoms with E-state index >= 15 is 0 Å². The maximum absolute atomic E-state index is 13.0. The Labute approximate surface area is 198 Å². The van der Waals surface area contributed by atoms with E-state index in [1.165, 1.54) is 55.9 Å². The molecule has 0 bridgehead atoms. The number of ether oxygens (including phenoxy) is 2. The van der Waals surface area contributed by atoms with Gasteiger partial charge in [0, 0.05) is 0 Å². The summed E-state index contributed by atoms with van der Waals surface area (Å²) in [5, 5.41) is 0. The van der Waals surface area contributed by atoms with Crippen LogP contribution in [0.3, 0.4) is 0 Å². The van der Waals surface area contributed by atoms with E-state index in [0.717, 1.165) is 11.0 Å². The smallest absolute Gasteiger partial charge is 0.339 e. The summed E-state index contributed by atoms with van der Waals surface area (Å²) in [7, 11) is -1.18. The average molecular weight is 495 g/mol. The van der Waals surface area contributed by atoms with E-state index in [1.54, 1.807) is 22.6 Å². The third-order valence-electron chi connectivity index (χ3n) is 5.18. The van der Waals surface area contributed by atoms with Gasteiger partial charge in [-0.15, -0.1) is 0 Å². The van der Waals surface area contributed by atoms with Gasteiger partial charge in [-0.3, -0.25) is 4.79 Å². The van der Waals surface area contributed by atoms with Crippen LogP contribution in [0.4, 0.5) is 0 Å². The third kappa shape index (κ3) is 3.87. The highest BCUT2D eigenvalue weighted by Gasteiger charge is 2.19. The van der Waals surface area contributed by atoms with Gasteiger partial charge in [0.25, 0.3) is 5.56 Å². The van der Waals surface area contributed by atoms with Gasteiger partial charge >= 0.3 is 10.1 Å². The van der Waals surface area contributed by atoms with Crippen LogP contribution >= 0.6 is 11.3 Å². The van der Waals surface area contributed by atoms with E-state index in [9.17, 15) is 13.2 Å². The lowest BCUT2D eigenvalue weighted by atomic mass is 10.2. The Bertz CT molecular complexity index is 1740. The van der Waals surface area contributed by atoms with Crippen LogP contribution < -0.4 is 23.7 Å². The minimum absolute atomic E-state index is 0.0175. The zero-order chi connectivity index (χ0) is 23.9. The van der Waals surface area contributed by atoms with Gasteiger partial charge in [0.15, 0.2) is 16.5 Å². The standard InChI is InChI=1S/C24H18N2O6S2/c1-30-16-8-10-17(11-9-16)34(28,29)32-20-12-7-15(13-21(20)31-2)14-22-23(27)26-19-6-4-3-5-18(19)25-24(26)33-22/h3-14H,1-2H3. The predicted octanol–water partition coefficient (Wildman–Crippen LogP) is 3.24.